The zero-order valence-corrected chi connectivity index (χ0v) is 18.4. The average Bonchev–Trinajstić information content (AvgIpc) is 3.29. The Morgan fingerprint density at radius 2 is 1.97 bits per heavy atom. The van der Waals surface area contributed by atoms with Gasteiger partial charge in [0.2, 0.25) is 6.79 Å². The molecule has 0 radical (unpaired) electrons. The van der Waals surface area contributed by atoms with Gasteiger partial charge in [-0.1, -0.05) is 33.8 Å². The van der Waals surface area contributed by atoms with Gasteiger partial charge in [0.05, 0.1) is 16.6 Å². The first kappa shape index (κ1) is 20.2. The number of pyridine rings is 1. The second-order valence-corrected chi connectivity index (χ2v) is 8.79. The first-order chi connectivity index (χ1) is 14.2. The lowest BCUT2D eigenvalue weighted by Gasteiger charge is -2.26. The fourth-order valence-corrected chi connectivity index (χ4v) is 3.76. The van der Waals surface area contributed by atoms with Crippen LogP contribution in [0.1, 0.15) is 60.9 Å². The second-order valence-electron chi connectivity index (χ2n) is 8.79. The third-order valence-electron chi connectivity index (χ3n) is 5.67. The lowest BCUT2D eigenvalue weighted by Crippen LogP contribution is -2.36. The van der Waals surface area contributed by atoms with Gasteiger partial charge >= 0.3 is 0 Å². The number of amides is 1. The molecule has 2 aromatic heterocycles. The summed E-state index contributed by atoms with van der Waals surface area (Å²) in [7, 11) is 1.86. The Bertz CT molecular complexity index is 1130. The van der Waals surface area contributed by atoms with E-state index in [4.69, 9.17) is 14.5 Å². The van der Waals surface area contributed by atoms with Crippen molar-refractivity contribution in [1.29, 1.82) is 0 Å². The highest BCUT2D eigenvalue weighted by molar-refractivity contribution is 6.06. The molecule has 0 bridgehead atoms. The standard InChI is InChI=1S/C23H28N4O3/c1-13(2)17-10-16(20-14(3)26-27(6)21(20)25-17)22(28)24-11-23(4,5)15-7-8-18-19(9-15)30-12-29-18/h7-10,13H,11-12H2,1-6H3,(H,24,28). The molecule has 0 spiro atoms. The van der Waals surface area contributed by atoms with Crippen molar-refractivity contribution < 1.29 is 14.3 Å². The summed E-state index contributed by atoms with van der Waals surface area (Å²) in [6, 6.07) is 7.82. The molecule has 7 nitrogen and oxygen atoms in total. The number of nitrogens with one attached hydrogen (secondary N) is 1. The average molecular weight is 409 g/mol. The first-order valence-electron chi connectivity index (χ1n) is 10.2. The molecule has 1 aromatic carbocycles. The number of rotatable bonds is 5. The Labute approximate surface area is 176 Å². The number of ether oxygens (including phenoxy) is 2. The second kappa shape index (κ2) is 7.31. The van der Waals surface area contributed by atoms with E-state index in [-0.39, 0.29) is 24.0 Å². The summed E-state index contributed by atoms with van der Waals surface area (Å²) in [6.07, 6.45) is 0. The quantitative estimate of drug-likeness (QED) is 0.694. The van der Waals surface area contributed by atoms with E-state index in [1.165, 1.54) is 0 Å². The SMILES string of the molecule is Cc1nn(C)c2nc(C(C)C)cc(C(=O)NCC(C)(C)c3ccc4c(c3)OCO4)c12. The highest BCUT2D eigenvalue weighted by atomic mass is 16.7. The van der Waals surface area contributed by atoms with Gasteiger partial charge in [-0.25, -0.2) is 4.98 Å². The van der Waals surface area contributed by atoms with Crippen LogP contribution in [0.5, 0.6) is 11.5 Å². The molecule has 3 heterocycles. The number of benzene rings is 1. The van der Waals surface area contributed by atoms with Crippen molar-refractivity contribution >= 4 is 16.9 Å². The van der Waals surface area contributed by atoms with E-state index in [0.717, 1.165) is 39.5 Å². The normalized spacial score (nSPS) is 13.3. The number of hydrogen-bond donors (Lipinski definition) is 1. The van der Waals surface area contributed by atoms with Crippen LogP contribution in [0.4, 0.5) is 0 Å². The predicted molar refractivity (Wildman–Crippen MR) is 115 cm³/mol. The molecule has 0 saturated carbocycles. The van der Waals surface area contributed by atoms with Crippen LogP contribution in [0, 0.1) is 6.92 Å². The fraction of sp³-hybridized carbons (Fsp3) is 0.435. The van der Waals surface area contributed by atoms with Crippen LogP contribution < -0.4 is 14.8 Å². The number of carbonyl (C=O) groups excluding carboxylic acids is 1. The Balaban J connectivity index is 1.61. The minimum Gasteiger partial charge on any atom is -0.454 e. The number of aryl methyl sites for hydroxylation is 2. The van der Waals surface area contributed by atoms with Gasteiger partial charge in [0, 0.05) is 24.7 Å². The van der Waals surface area contributed by atoms with Crippen LogP contribution in [0.25, 0.3) is 11.0 Å². The summed E-state index contributed by atoms with van der Waals surface area (Å²) in [5, 5.41) is 8.40. The molecule has 158 valence electrons. The van der Waals surface area contributed by atoms with Crippen molar-refractivity contribution in [2.45, 2.75) is 46.0 Å². The van der Waals surface area contributed by atoms with Crippen molar-refractivity contribution in [1.82, 2.24) is 20.1 Å². The number of fused-ring (bicyclic) bond motifs is 2. The summed E-state index contributed by atoms with van der Waals surface area (Å²) in [5.41, 5.74) is 3.83. The Hall–Kier alpha value is -3.09. The summed E-state index contributed by atoms with van der Waals surface area (Å²) >= 11 is 0. The van der Waals surface area contributed by atoms with Gasteiger partial charge in [-0.05, 0) is 36.6 Å². The molecule has 1 aliphatic rings. The van der Waals surface area contributed by atoms with Crippen molar-refractivity contribution in [3.05, 3.63) is 46.8 Å². The van der Waals surface area contributed by atoms with Crippen LogP contribution in [0.2, 0.25) is 0 Å². The molecular formula is C23H28N4O3. The zero-order valence-electron chi connectivity index (χ0n) is 18.4. The summed E-state index contributed by atoms with van der Waals surface area (Å²) in [4.78, 5) is 18.0. The molecule has 30 heavy (non-hydrogen) atoms. The third-order valence-corrected chi connectivity index (χ3v) is 5.67. The molecule has 3 aromatic rings. The van der Waals surface area contributed by atoms with E-state index in [9.17, 15) is 4.79 Å². The summed E-state index contributed by atoms with van der Waals surface area (Å²) in [6.45, 7) is 11.0. The van der Waals surface area contributed by atoms with Crippen molar-refractivity contribution in [2.75, 3.05) is 13.3 Å². The lowest BCUT2D eigenvalue weighted by atomic mass is 9.84. The van der Waals surface area contributed by atoms with Gasteiger partial charge in [0.15, 0.2) is 17.1 Å². The Kier molecular flexibility index (Phi) is 4.92. The number of nitrogens with zero attached hydrogens (tertiary/aromatic N) is 3. The molecule has 0 fully saturated rings. The zero-order chi connectivity index (χ0) is 21.6. The number of carbonyl (C=O) groups is 1. The smallest absolute Gasteiger partial charge is 0.252 e. The maximum absolute atomic E-state index is 13.2. The molecule has 1 aliphatic heterocycles. The Morgan fingerprint density at radius 3 is 2.70 bits per heavy atom. The molecule has 0 aliphatic carbocycles. The highest BCUT2D eigenvalue weighted by Crippen LogP contribution is 2.36. The molecule has 0 saturated heterocycles. The summed E-state index contributed by atoms with van der Waals surface area (Å²) in [5.74, 6) is 1.59. The molecule has 1 N–H and O–H groups in total. The van der Waals surface area contributed by atoms with Crippen molar-refractivity contribution in [2.24, 2.45) is 7.05 Å². The molecular weight excluding hydrogens is 380 g/mol. The lowest BCUT2D eigenvalue weighted by molar-refractivity contribution is 0.0947. The molecule has 0 atom stereocenters. The van der Waals surface area contributed by atoms with Gasteiger partial charge < -0.3 is 14.8 Å². The van der Waals surface area contributed by atoms with Crippen LogP contribution in [-0.4, -0.2) is 34.0 Å². The molecule has 7 heteroatoms. The maximum atomic E-state index is 13.2. The van der Waals surface area contributed by atoms with E-state index in [1.54, 1.807) is 4.68 Å². The van der Waals surface area contributed by atoms with Crippen LogP contribution in [0.3, 0.4) is 0 Å². The van der Waals surface area contributed by atoms with Gasteiger partial charge in [-0.2, -0.15) is 5.10 Å². The van der Waals surface area contributed by atoms with Gasteiger partial charge in [0.25, 0.3) is 5.91 Å². The van der Waals surface area contributed by atoms with Gasteiger partial charge in [0.1, 0.15) is 0 Å². The third kappa shape index (κ3) is 3.49. The molecule has 1 amide bonds. The monoisotopic (exact) mass is 408 g/mol. The van der Waals surface area contributed by atoms with Crippen LogP contribution in [0.15, 0.2) is 24.3 Å². The van der Waals surface area contributed by atoms with E-state index in [1.807, 2.05) is 38.2 Å². The summed E-state index contributed by atoms with van der Waals surface area (Å²) < 4.78 is 12.6. The predicted octanol–water partition coefficient (Wildman–Crippen LogP) is 3.84. The van der Waals surface area contributed by atoms with E-state index in [2.05, 4.69) is 38.1 Å². The largest absolute Gasteiger partial charge is 0.454 e. The van der Waals surface area contributed by atoms with E-state index < -0.39 is 0 Å². The topological polar surface area (TPSA) is 78.3 Å². The van der Waals surface area contributed by atoms with Crippen LogP contribution in [-0.2, 0) is 12.5 Å². The molecule has 0 unspecified atom stereocenters. The van der Waals surface area contributed by atoms with Gasteiger partial charge in [-0.3, -0.25) is 9.48 Å². The minimum atomic E-state index is -0.284. The van der Waals surface area contributed by atoms with Gasteiger partial charge in [-0.15, -0.1) is 0 Å². The Morgan fingerprint density at radius 1 is 1.23 bits per heavy atom. The maximum Gasteiger partial charge on any atom is 0.252 e. The minimum absolute atomic E-state index is 0.116. The number of hydrogen-bond acceptors (Lipinski definition) is 5. The van der Waals surface area contributed by atoms with Crippen molar-refractivity contribution in [3.63, 3.8) is 0 Å². The number of aromatic nitrogens is 3. The van der Waals surface area contributed by atoms with E-state index in [0.29, 0.717) is 12.1 Å². The van der Waals surface area contributed by atoms with E-state index >= 15 is 0 Å². The van der Waals surface area contributed by atoms with Crippen LogP contribution >= 0.6 is 0 Å². The van der Waals surface area contributed by atoms with Crippen molar-refractivity contribution in [3.8, 4) is 11.5 Å². The molecule has 4 rings (SSSR count). The highest BCUT2D eigenvalue weighted by Gasteiger charge is 2.26. The first-order valence-corrected chi connectivity index (χ1v) is 10.2. The fourth-order valence-electron chi connectivity index (χ4n) is 3.76.